The van der Waals surface area contributed by atoms with Gasteiger partial charge in [-0.25, -0.2) is 4.79 Å². The Labute approximate surface area is 186 Å². The number of hydrogen-bond acceptors (Lipinski definition) is 5. The van der Waals surface area contributed by atoms with Gasteiger partial charge in [0.05, 0.1) is 24.7 Å². The van der Waals surface area contributed by atoms with E-state index in [2.05, 4.69) is 10.6 Å². The summed E-state index contributed by atoms with van der Waals surface area (Å²) in [6.07, 6.45) is -6.04. The van der Waals surface area contributed by atoms with Gasteiger partial charge in [0.15, 0.2) is 0 Å². The zero-order valence-electron chi connectivity index (χ0n) is 17.1. The summed E-state index contributed by atoms with van der Waals surface area (Å²) in [6.45, 7) is -0.327. The number of aliphatic carboxylic acids is 1. The molecule has 2 amide bonds. The number of benzene rings is 2. The van der Waals surface area contributed by atoms with E-state index >= 15 is 0 Å². The third-order valence-electron chi connectivity index (χ3n) is 5.63. The number of nitrogens with one attached hydrogen (secondary N) is 2. The number of aliphatic hydroxyl groups is 1. The van der Waals surface area contributed by atoms with Crippen molar-refractivity contribution in [1.29, 1.82) is 0 Å². The zero-order chi connectivity index (χ0) is 23.8. The van der Waals surface area contributed by atoms with E-state index in [1.165, 1.54) is 0 Å². The van der Waals surface area contributed by atoms with Crippen molar-refractivity contribution < 1.29 is 42.4 Å². The van der Waals surface area contributed by atoms with E-state index in [1.54, 1.807) is 18.2 Å². The van der Waals surface area contributed by atoms with Crippen molar-refractivity contribution in [2.45, 2.75) is 43.2 Å². The highest BCUT2D eigenvalue weighted by atomic mass is 19.4. The lowest BCUT2D eigenvalue weighted by Gasteiger charge is -2.36. The van der Waals surface area contributed by atoms with Crippen LogP contribution < -0.4 is 15.4 Å². The van der Waals surface area contributed by atoms with Crippen molar-refractivity contribution in [2.75, 3.05) is 17.2 Å². The highest BCUT2D eigenvalue weighted by Crippen LogP contribution is 2.47. The van der Waals surface area contributed by atoms with Crippen molar-refractivity contribution in [3.63, 3.8) is 0 Å². The number of carboxylic acids is 1. The van der Waals surface area contributed by atoms with Crippen LogP contribution in [0.15, 0.2) is 42.5 Å². The molecular weight excluding hydrogens is 445 g/mol. The molecule has 0 unspecified atom stereocenters. The summed E-state index contributed by atoms with van der Waals surface area (Å²) in [5.41, 5.74) is 0.547. The molecule has 2 aromatic rings. The summed E-state index contributed by atoms with van der Waals surface area (Å²) in [5, 5.41) is 23.9. The number of anilines is 2. The predicted molar refractivity (Wildman–Crippen MR) is 110 cm³/mol. The number of amides is 2. The van der Waals surface area contributed by atoms with Crippen LogP contribution >= 0.6 is 0 Å². The number of hydrogen-bond donors (Lipinski definition) is 4. The smallest absolute Gasteiger partial charge is 0.416 e. The van der Waals surface area contributed by atoms with Crippen LogP contribution in [0, 0.1) is 0 Å². The third-order valence-corrected chi connectivity index (χ3v) is 5.63. The molecule has 0 saturated carbocycles. The monoisotopic (exact) mass is 466 g/mol. The van der Waals surface area contributed by atoms with Gasteiger partial charge in [0, 0.05) is 22.9 Å². The number of alkyl halides is 3. The summed E-state index contributed by atoms with van der Waals surface area (Å²) in [5.74, 6) is -0.684. The van der Waals surface area contributed by atoms with Crippen molar-refractivity contribution in [3.8, 4) is 5.75 Å². The molecule has 2 aromatic carbocycles. The second-order valence-electron chi connectivity index (χ2n) is 7.91. The highest BCUT2D eigenvalue weighted by Gasteiger charge is 2.46. The van der Waals surface area contributed by atoms with Crippen molar-refractivity contribution in [2.24, 2.45) is 0 Å². The van der Waals surface area contributed by atoms with E-state index in [9.17, 15) is 27.9 Å². The molecule has 0 aliphatic carbocycles. The molecule has 8 nitrogen and oxygen atoms in total. The fraction of sp³-hybridized carbons (Fsp3) is 0.364. The highest BCUT2D eigenvalue weighted by molar-refractivity contribution is 5.99. The van der Waals surface area contributed by atoms with Gasteiger partial charge in [-0.15, -0.1) is 0 Å². The average molecular weight is 466 g/mol. The molecular formula is C22H21F3N2O6. The third kappa shape index (κ3) is 5.04. The molecule has 4 atom stereocenters. The molecule has 1 fully saturated rings. The van der Waals surface area contributed by atoms with Gasteiger partial charge in [0.25, 0.3) is 0 Å². The van der Waals surface area contributed by atoms with Crippen LogP contribution in [0.2, 0.25) is 0 Å². The van der Waals surface area contributed by atoms with Gasteiger partial charge in [0.2, 0.25) is 0 Å². The molecule has 33 heavy (non-hydrogen) atoms. The van der Waals surface area contributed by atoms with Crippen LogP contribution in [0.25, 0.3) is 0 Å². The van der Waals surface area contributed by atoms with Gasteiger partial charge < -0.3 is 30.3 Å². The topological polar surface area (TPSA) is 117 Å². The molecule has 2 aliphatic heterocycles. The number of carboxylic acid groups (broad SMARTS) is 1. The van der Waals surface area contributed by atoms with Crippen molar-refractivity contribution >= 4 is 23.4 Å². The van der Waals surface area contributed by atoms with Gasteiger partial charge >= 0.3 is 18.2 Å². The lowest BCUT2D eigenvalue weighted by Crippen LogP contribution is -2.46. The van der Waals surface area contributed by atoms with Gasteiger partial charge in [-0.3, -0.25) is 4.79 Å². The molecule has 0 bridgehead atoms. The Balaban J connectivity index is 1.45. The lowest BCUT2D eigenvalue weighted by atomic mass is 9.84. The van der Waals surface area contributed by atoms with Gasteiger partial charge in [-0.05, 0) is 48.9 Å². The van der Waals surface area contributed by atoms with E-state index in [1.807, 2.05) is 0 Å². The van der Waals surface area contributed by atoms with E-state index in [0.29, 0.717) is 17.9 Å². The minimum Gasteiger partial charge on any atom is -0.487 e. The average Bonchev–Trinajstić information content (AvgIpc) is 3.10. The first-order valence-corrected chi connectivity index (χ1v) is 10.2. The van der Waals surface area contributed by atoms with Crippen LogP contribution in [-0.4, -0.2) is 47.1 Å². The van der Waals surface area contributed by atoms with E-state index in [4.69, 9.17) is 14.6 Å². The molecule has 2 aliphatic rings. The second-order valence-corrected chi connectivity index (χ2v) is 7.91. The van der Waals surface area contributed by atoms with E-state index < -0.39 is 42.1 Å². The summed E-state index contributed by atoms with van der Waals surface area (Å²) >= 11 is 0. The first-order valence-electron chi connectivity index (χ1n) is 10.2. The Kier molecular flexibility index (Phi) is 6.17. The van der Waals surface area contributed by atoms with Crippen LogP contribution in [0.5, 0.6) is 5.75 Å². The number of fused-ring (bicyclic) bond motifs is 3. The number of aliphatic hydroxyl groups excluding tert-OH is 1. The summed E-state index contributed by atoms with van der Waals surface area (Å²) in [4.78, 5) is 23.4. The molecule has 4 N–H and O–H groups in total. The Bertz CT molecular complexity index is 1040. The van der Waals surface area contributed by atoms with Gasteiger partial charge in [-0.1, -0.05) is 0 Å². The number of carbonyl (C=O) groups is 2. The van der Waals surface area contributed by atoms with Crippen LogP contribution in [0.1, 0.15) is 29.9 Å². The molecule has 4 rings (SSSR count). The number of rotatable bonds is 5. The first-order chi connectivity index (χ1) is 15.6. The normalized spacial score (nSPS) is 23.8. The Morgan fingerprint density at radius 1 is 1.06 bits per heavy atom. The Morgan fingerprint density at radius 3 is 2.36 bits per heavy atom. The molecule has 176 valence electrons. The largest absolute Gasteiger partial charge is 0.487 e. The predicted octanol–water partition coefficient (Wildman–Crippen LogP) is 3.82. The standard InChI is InChI=1S/C22H21F3N2O6/c23-22(24,25)11-1-3-12(4-2-11)26-21(31)27-13-5-6-17-15(7-13)16-8-14(9-19(29)30)32-18(10-28)20(16)33-17/h1-7,14,16,18,20,28H,8-10H2,(H,29,30)(H2,26,27,31)/t14-,16+,18+,20-/m0/s1. The maximum absolute atomic E-state index is 12.7. The number of urea groups is 1. The molecule has 0 aromatic heterocycles. The van der Waals surface area contributed by atoms with Crippen molar-refractivity contribution in [3.05, 3.63) is 53.6 Å². The summed E-state index contributed by atoms with van der Waals surface area (Å²) in [7, 11) is 0. The van der Waals surface area contributed by atoms with Crippen LogP contribution in [-0.2, 0) is 15.7 Å². The maximum atomic E-state index is 12.7. The second kappa shape index (κ2) is 8.91. The van der Waals surface area contributed by atoms with Gasteiger partial charge in [0.1, 0.15) is 18.0 Å². The molecule has 2 heterocycles. The van der Waals surface area contributed by atoms with Crippen LogP contribution in [0.3, 0.4) is 0 Å². The van der Waals surface area contributed by atoms with Crippen LogP contribution in [0.4, 0.5) is 29.3 Å². The molecule has 0 radical (unpaired) electrons. The van der Waals surface area contributed by atoms with E-state index in [-0.39, 0.29) is 24.6 Å². The van der Waals surface area contributed by atoms with Gasteiger partial charge in [-0.2, -0.15) is 13.2 Å². The summed E-state index contributed by atoms with van der Waals surface area (Å²) in [6, 6.07) is 8.37. The molecule has 11 heteroatoms. The zero-order valence-corrected chi connectivity index (χ0v) is 17.1. The number of carbonyl (C=O) groups excluding carboxylic acids is 1. The molecule has 0 spiro atoms. The Morgan fingerprint density at radius 2 is 1.73 bits per heavy atom. The first kappa shape index (κ1) is 22.9. The van der Waals surface area contributed by atoms with E-state index in [0.717, 1.165) is 29.8 Å². The maximum Gasteiger partial charge on any atom is 0.416 e. The number of halogens is 3. The molecule has 1 saturated heterocycles. The SMILES string of the molecule is O=C(O)C[C@@H]1C[C@@H]2c3cc(NC(=O)Nc4ccc(C(F)(F)F)cc4)ccc3O[C@@H]2[C@@H](CO)O1. The number of ether oxygens (including phenoxy) is 2. The quantitative estimate of drug-likeness (QED) is 0.532. The minimum absolute atomic E-state index is 0.191. The minimum atomic E-state index is -4.46. The lowest BCUT2D eigenvalue weighted by molar-refractivity contribution is -0.153. The fourth-order valence-corrected chi connectivity index (χ4v) is 4.20. The summed E-state index contributed by atoms with van der Waals surface area (Å²) < 4.78 is 49.6. The Hall–Kier alpha value is -3.31. The fourth-order valence-electron chi connectivity index (χ4n) is 4.20. The van der Waals surface area contributed by atoms with Crippen molar-refractivity contribution in [1.82, 2.24) is 0 Å².